The lowest BCUT2D eigenvalue weighted by Crippen LogP contribution is -2.43. The van der Waals surface area contributed by atoms with E-state index in [0.717, 1.165) is 19.5 Å². The van der Waals surface area contributed by atoms with E-state index in [1.165, 1.54) is 25.9 Å². The van der Waals surface area contributed by atoms with Gasteiger partial charge in [0.25, 0.3) is 0 Å². The minimum atomic E-state index is -0.829. The Hall–Kier alpha value is -0.650. The highest BCUT2D eigenvalue weighted by atomic mass is 16.5. The van der Waals surface area contributed by atoms with Gasteiger partial charge in [-0.15, -0.1) is 0 Å². The second-order valence-corrected chi connectivity index (χ2v) is 6.41. The van der Waals surface area contributed by atoms with Crippen LogP contribution in [-0.2, 0) is 9.53 Å². The maximum Gasteiger partial charge on any atom is 0.332 e. The summed E-state index contributed by atoms with van der Waals surface area (Å²) in [5, 5.41) is 12.4. The van der Waals surface area contributed by atoms with E-state index in [9.17, 15) is 4.79 Å². The molecule has 0 aromatic rings. The van der Waals surface area contributed by atoms with Gasteiger partial charge >= 0.3 is 5.97 Å². The highest BCUT2D eigenvalue weighted by Gasteiger charge is 2.32. The van der Waals surface area contributed by atoms with Crippen LogP contribution in [-0.4, -0.2) is 61.4 Å². The summed E-state index contributed by atoms with van der Waals surface area (Å²) in [7, 11) is 2.17. The minimum absolute atomic E-state index is 0.0657. The summed E-state index contributed by atoms with van der Waals surface area (Å²) in [5.41, 5.74) is 0.372. The van der Waals surface area contributed by atoms with E-state index >= 15 is 0 Å². The Morgan fingerprint density at radius 2 is 2.11 bits per heavy atom. The van der Waals surface area contributed by atoms with Crippen LogP contribution in [0.1, 0.15) is 32.6 Å². The summed E-state index contributed by atoms with van der Waals surface area (Å²) < 4.78 is 5.49. The summed E-state index contributed by atoms with van der Waals surface area (Å²) in [5.74, 6) is -0.829. The van der Waals surface area contributed by atoms with Gasteiger partial charge in [0, 0.05) is 13.1 Å². The Labute approximate surface area is 115 Å². The quantitative estimate of drug-likeness (QED) is 0.778. The number of carboxylic acids is 1. The minimum Gasteiger partial charge on any atom is -0.479 e. The Morgan fingerprint density at radius 1 is 1.42 bits per heavy atom. The van der Waals surface area contributed by atoms with E-state index in [2.05, 4.69) is 24.2 Å². The summed E-state index contributed by atoms with van der Waals surface area (Å²) >= 11 is 0. The standard InChI is InChI=1S/C14H26N2O3/c1-14(5-7-16(2)8-6-14)10-15-9-11-3-4-12(19-11)13(17)18/h11-12,15H,3-10H2,1-2H3,(H,17,18). The zero-order valence-corrected chi connectivity index (χ0v) is 12.0. The van der Waals surface area contributed by atoms with Crippen LogP contribution in [0.15, 0.2) is 0 Å². The zero-order chi connectivity index (χ0) is 13.9. The maximum atomic E-state index is 10.8. The number of likely N-dealkylation sites (tertiary alicyclic amines) is 1. The molecule has 19 heavy (non-hydrogen) atoms. The van der Waals surface area contributed by atoms with Crippen molar-refractivity contribution in [3.8, 4) is 0 Å². The van der Waals surface area contributed by atoms with Crippen LogP contribution >= 0.6 is 0 Å². The molecule has 2 saturated heterocycles. The maximum absolute atomic E-state index is 10.8. The lowest BCUT2D eigenvalue weighted by molar-refractivity contribution is -0.149. The molecule has 2 heterocycles. The van der Waals surface area contributed by atoms with E-state index in [4.69, 9.17) is 9.84 Å². The van der Waals surface area contributed by atoms with Crippen molar-refractivity contribution in [1.29, 1.82) is 0 Å². The van der Waals surface area contributed by atoms with Crippen LogP contribution in [0.25, 0.3) is 0 Å². The van der Waals surface area contributed by atoms with E-state index in [-0.39, 0.29) is 6.10 Å². The van der Waals surface area contributed by atoms with Gasteiger partial charge in [-0.25, -0.2) is 4.79 Å². The third kappa shape index (κ3) is 4.16. The smallest absolute Gasteiger partial charge is 0.332 e. The fraction of sp³-hybridized carbons (Fsp3) is 0.929. The third-order valence-electron chi connectivity index (χ3n) is 4.50. The van der Waals surface area contributed by atoms with Crippen molar-refractivity contribution in [1.82, 2.24) is 10.2 Å². The molecule has 0 aromatic carbocycles. The number of nitrogens with one attached hydrogen (secondary N) is 1. The predicted octanol–water partition coefficient (Wildman–Crippen LogP) is 0.940. The van der Waals surface area contributed by atoms with Crippen LogP contribution in [0.2, 0.25) is 0 Å². The molecule has 2 N–H and O–H groups in total. The molecule has 2 aliphatic rings. The first-order valence-corrected chi connectivity index (χ1v) is 7.26. The van der Waals surface area contributed by atoms with Crippen molar-refractivity contribution >= 4 is 5.97 Å². The zero-order valence-electron chi connectivity index (χ0n) is 12.0. The van der Waals surface area contributed by atoms with Crippen molar-refractivity contribution in [2.24, 2.45) is 5.41 Å². The van der Waals surface area contributed by atoms with Crippen molar-refractivity contribution < 1.29 is 14.6 Å². The van der Waals surface area contributed by atoms with E-state index in [1.807, 2.05) is 0 Å². The van der Waals surface area contributed by atoms with Crippen LogP contribution < -0.4 is 5.32 Å². The fourth-order valence-electron chi connectivity index (χ4n) is 2.91. The average Bonchev–Trinajstić information content (AvgIpc) is 2.82. The van der Waals surface area contributed by atoms with Crippen LogP contribution in [0.4, 0.5) is 0 Å². The molecule has 5 heteroatoms. The summed E-state index contributed by atoms with van der Waals surface area (Å²) in [6.07, 6.45) is 3.41. The average molecular weight is 270 g/mol. The molecule has 2 fully saturated rings. The second-order valence-electron chi connectivity index (χ2n) is 6.41. The van der Waals surface area contributed by atoms with Crippen molar-refractivity contribution in [3.05, 3.63) is 0 Å². The van der Waals surface area contributed by atoms with Gasteiger partial charge in [-0.1, -0.05) is 6.92 Å². The predicted molar refractivity (Wildman–Crippen MR) is 73.2 cm³/mol. The first-order chi connectivity index (χ1) is 8.98. The second kappa shape index (κ2) is 6.20. The molecule has 0 bridgehead atoms. The van der Waals surface area contributed by atoms with Gasteiger partial charge in [-0.05, 0) is 51.2 Å². The Bertz CT molecular complexity index is 314. The molecular formula is C14H26N2O3. The van der Waals surface area contributed by atoms with Crippen molar-refractivity contribution in [2.45, 2.75) is 44.8 Å². The van der Waals surface area contributed by atoms with Gasteiger partial charge in [0.05, 0.1) is 6.10 Å². The number of carboxylic acid groups (broad SMARTS) is 1. The number of hydrogen-bond donors (Lipinski definition) is 2. The van der Waals surface area contributed by atoms with Gasteiger partial charge in [-0.3, -0.25) is 0 Å². The molecule has 2 rings (SSSR count). The number of rotatable bonds is 5. The number of piperidine rings is 1. The van der Waals surface area contributed by atoms with Gasteiger partial charge in [0.2, 0.25) is 0 Å². The van der Waals surface area contributed by atoms with Gasteiger partial charge < -0.3 is 20.1 Å². The molecule has 0 amide bonds. The summed E-state index contributed by atoms with van der Waals surface area (Å²) in [6, 6.07) is 0. The number of aliphatic carboxylic acids is 1. The van der Waals surface area contributed by atoms with E-state index in [1.54, 1.807) is 0 Å². The third-order valence-corrected chi connectivity index (χ3v) is 4.50. The number of nitrogens with zero attached hydrogens (tertiary/aromatic N) is 1. The van der Waals surface area contributed by atoms with Gasteiger partial charge in [0.1, 0.15) is 0 Å². The molecule has 5 nitrogen and oxygen atoms in total. The lowest BCUT2D eigenvalue weighted by Gasteiger charge is -2.38. The van der Waals surface area contributed by atoms with Crippen molar-refractivity contribution in [3.63, 3.8) is 0 Å². The molecule has 110 valence electrons. The van der Waals surface area contributed by atoms with E-state index < -0.39 is 12.1 Å². The summed E-state index contributed by atoms with van der Waals surface area (Å²) in [6.45, 7) is 6.44. The topological polar surface area (TPSA) is 61.8 Å². The molecule has 2 atom stereocenters. The highest BCUT2D eigenvalue weighted by Crippen LogP contribution is 2.29. The monoisotopic (exact) mass is 270 g/mol. The molecule has 0 spiro atoms. The molecule has 0 saturated carbocycles. The molecule has 0 radical (unpaired) electrons. The van der Waals surface area contributed by atoms with Gasteiger partial charge in [0.15, 0.2) is 6.10 Å². The van der Waals surface area contributed by atoms with Crippen LogP contribution in [0.5, 0.6) is 0 Å². The van der Waals surface area contributed by atoms with Gasteiger partial charge in [-0.2, -0.15) is 0 Å². The summed E-state index contributed by atoms with van der Waals surface area (Å²) in [4.78, 5) is 13.2. The number of ether oxygens (including phenoxy) is 1. The number of hydrogen-bond acceptors (Lipinski definition) is 4. The van der Waals surface area contributed by atoms with Crippen LogP contribution in [0.3, 0.4) is 0 Å². The SMILES string of the molecule is CN1CCC(C)(CNCC2CCC(C(=O)O)O2)CC1. The molecule has 2 unspecified atom stereocenters. The Balaban J connectivity index is 1.65. The molecule has 0 aliphatic carbocycles. The highest BCUT2D eigenvalue weighted by molar-refractivity contribution is 5.72. The largest absolute Gasteiger partial charge is 0.479 e. The molecular weight excluding hydrogens is 244 g/mol. The van der Waals surface area contributed by atoms with E-state index in [0.29, 0.717) is 11.8 Å². The Morgan fingerprint density at radius 3 is 2.68 bits per heavy atom. The van der Waals surface area contributed by atoms with Crippen LogP contribution in [0, 0.1) is 5.41 Å². The van der Waals surface area contributed by atoms with Crippen molar-refractivity contribution in [2.75, 3.05) is 33.2 Å². The fourth-order valence-corrected chi connectivity index (χ4v) is 2.91. The lowest BCUT2D eigenvalue weighted by atomic mass is 9.80. The number of carbonyl (C=O) groups is 1. The first-order valence-electron chi connectivity index (χ1n) is 7.26. The normalized spacial score (nSPS) is 31.5. The molecule has 0 aromatic heterocycles. The first kappa shape index (κ1) is 14.8. The Kier molecular flexibility index (Phi) is 4.81. The molecule has 2 aliphatic heterocycles.